The molecule has 0 saturated carbocycles. The Bertz CT molecular complexity index is 998. The van der Waals surface area contributed by atoms with E-state index in [1.165, 1.54) is 24.3 Å². The highest BCUT2D eigenvalue weighted by Gasteiger charge is 2.10. The first-order valence-corrected chi connectivity index (χ1v) is 7.67. The fraction of sp³-hybridized carbons (Fsp3) is 0. The molecule has 0 amide bonds. The minimum atomic E-state index is -0.484. The van der Waals surface area contributed by atoms with Crippen molar-refractivity contribution in [1.29, 1.82) is 5.26 Å². The number of hydrogen-bond acceptors (Lipinski definition) is 4. The van der Waals surface area contributed by atoms with E-state index >= 15 is 0 Å². The molecule has 0 aliphatic carbocycles. The lowest BCUT2D eigenvalue weighted by molar-refractivity contribution is -0.384. The molecular weight excluding hydrogens is 340 g/mol. The summed E-state index contributed by atoms with van der Waals surface area (Å²) in [5.41, 5.74) is 1.65. The Labute approximate surface area is 148 Å². The number of halogens is 1. The first-order valence-electron chi connectivity index (χ1n) is 7.30. The van der Waals surface area contributed by atoms with E-state index in [0.29, 0.717) is 27.7 Å². The van der Waals surface area contributed by atoms with Crippen LogP contribution >= 0.6 is 11.6 Å². The molecular formula is C19H11ClN2O3. The maximum absolute atomic E-state index is 10.7. The molecule has 0 saturated heterocycles. The smallest absolute Gasteiger partial charge is 0.269 e. The van der Waals surface area contributed by atoms with E-state index in [0.717, 1.165) is 5.56 Å². The minimum Gasteiger partial charge on any atom is -0.457 e. The fourth-order valence-electron chi connectivity index (χ4n) is 2.32. The van der Waals surface area contributed by atoms with Crippen molar-refractivity contribution in [3.05, 3.63) is 87.1 Å². The van der Waals surface area contributed by atoms with Gasteiger partial charge in [0.15, 0.2) is 0 Å². The molecule has 3 rings (SSSR count). The molecule has 1 aromatic heterocycles. The van der Waals surface area contributed by atoms with Gasteiger partial charge in [-0.1, -0.05) is 23.7 Å². The van der Waals surface area contributed by atoms with Crippen LogP contribution in [0.15, 0.2) is 65.1 Å². The van der Waals surface area contributed by atoms with Crippen LogP contribution in [0, 0.1) is 21.4 Å². The van der Waals surface area contributed by atoms with Crippen molar-refractivity contribution in [3.8, 4) is 17.4 Å². The summed E-state index contributed by atoms with van der Waals surface area (Å²) in [4.78, 5) is 10.2. The number of non-ortho nitro benzene ring substituents is 1. The van der Waals surface area contributed by atoms with Gasteiger partial charge in [-0.25, -0.2) is 0 Å². The van der Waals surface area contributed by atoms with Crippen LogP contribution in [0.3, 0.4) is 0 Å². The first-order chi connectivity index (χ1) is 12.1. The predicted octanol–water partition coefficient (Wildman–Crippen LogP) is 5.57. The third-order valence-electron chi connectivity index (χ3n) is 3.56. The van der Waals surface area contributed by atoms with Crippen LogP contribution in [0.2, 0.25) is 5.02 Å². The molecule has 0 fully saturated rings. The Morgan fingerprint density at radius 2 is 1.84 bits per heavy atom. The van der Waals surface area contributed by atoms with Crippen molar-refractivity contribution in [1.82, 2.24) is 0 Å². The maximum atomic E-state index is 10.7. The van der Waals surface area contributed by atoms with Crippen LogP contribution in [-0.2, 0) is 0 Å². The molecule has 0 unspecified atom stereocenters. The zero-order chi connectivity index (χ0) is 17.8. The second-order valence-corrected chi connectivity index (χ2v) is 5.56. The van der Waals surface area contributed by atoms with Crippen molar-refractivity contribution >= 4 is 28.9 Å². The van der Waals surface area contributed by atoms with Gasteiger partial charge in [-0.3, -0.25) is 10.1 Å². The van der Waals surface area contributed by atoms with Crippen molar-refractivity contribution in [3.63, 3.8) is 0 Å². The van der Waals surface area contributed by atoms with Gasteiger partial charge in [0.2, 0.25) is 0 Å². The Morgan fingerprint density at radius 3 is 2.48 bits per heavy atom. The zero-order valence-corrected chi connectivity index (χ0v) is 13.6. The van der Waals surface area contributed by atoms with Gasteiger partial charge in [0.1, 0.15) is 11.5 Å². The lowest BCUT2D eigenvalue weighted by Gasteiger charge is -2.00. The number of furan rings is 1. The summed E-state index contributed by atoms with van der Waals surface area (Å²) in [6.45, 7) is 0. The largest absolute Gasteiger partial charge is 0.457 e. The van der Waals surface area contributed by atoms with Crippen molar-refractivity contribution in [2.45, 2.75) is 0 Å². The van der Waals surface area contributed by atoms with Crippen LogP contribution < -0.4 is 0 Å². The van der Waals surface area contributed by atoms with Crippen LogP contribution in [0.5, 0.6) is 0 Å². The SMILES string of the molecule is N#C/C(=C\c1ccc(-c2ccccc2Cl)o1)c1ccc([N+](=O)[O-])cc1. The molecule has 5 nitrogen and oxygen atoms in total. The maximum Gasteiger partial charge on any atom is 0.269 e. The van der Waals surface area contributed by atoms with Gasteiger partial charge in [0.05, 0.1) is 21.6 Å². The predicted molar refractivity (Wildman–Crippen MR) is 95.7 cm³/mol. The van der Waals surface area contributed by atoms with Gasteiger partial charge in [-0.2, -0.15) is 5.26 Å². The van der Waals surface area contributed by atoms with Gasteiger partial charge >= 0.3 is 0 Å². The van der Waals surface area contributed by atoms with Crippen molar-refractivity contribution in [2.24, 2.45) is 0 Å². The molecule has 0 N–H and O–H groups in total. The number of nitrogens with zero attached hydrogens (tertiary/aromatic N) is 2. The Morgan fingerprint density at radius 1 is 1.12 bits per heavy atom. The lowest BCUT2D eigenvalue weighted by atomic mass is 10.1. The van der Waals surface area contributed by atoms with Crippen LogP contribution in [0.1, 0.15) is 11.3 Å². The Hall–Kier alpha value is -3.36. The molecule has 122 valence electrons. The van der Waals surface area contributed by atoms with Gasteiger partial charge in [-0.05, 0) is 48.0 Å². The van der Waals surface area contributed by atoms with Gasteiger partial charge in [0, 0.05) is 17.7 Å². The molecule has 2 aromatic carbocycles. The summed E-state index contributed by atoms with van der Waals surface area (Å²) >= 11 is 6.15. The average molecular weight is 351 g/mol. The van der Waals surface area contributed by atoms with Crippen LogP contribution in [-0.4, -0.2) is 4.92 Å². The standard InChI is InChI=1S/C19H11ClN2O3/c20-18-4-2-1-3-17(18)19-10-9-16(25-19)11-14(12-21)13-5-7-15(8-6-13)22(23)24/h1-11H/b14-11+. The fourth-order valence-corrected chi connectivity index (χ4v) is 2.55. The summed E-state index contributed by atoms with van der Waals surface area (Å²) < 4.78 is 5.75. The van der Waals surface area contributed by atoms with Gasteiger partial charge in [-0.15, -0.1) is 0 Å². The minimum absolute atomic E-state index is 0.0277. The van der Waals surface area contributed by atoms with Crippen molar-refractivity contribution < 1.29 is 9.34 Å². The zero-order valence-electron chi connectivity index (χ0n) is 12.8. The van der Waals surface area contributed by atoms with E-state index in [9.17, 15) is 15.4 Å². The third kappa shape index (κ3) is 3.60. The molecule has 6 heteroatoms. The second kappa shape index (κ2) is 7.04. The summed E-state index contributed by atoms with van der Waals surface area (Å²) in [6.07, 6.45) is 1.58. The molecule has 0 atom stereocenters. The number of nitriles is 1. The Kier molecular flexibility index (Phi) is 4.64. The Balaban J connectivity index is 1.92. The summed E-state index contributed by atoms with van der Waals surface area (Å²) in [5.74, 6) is 1.09. The molecule has 0 aliphatic rings. The van der Waals surface area contributed by atoms with E-state index in [4.69, 9.17) is 16.0 Å². The van der Waals surface area contributed by atoms with Crippen LogP contribution in [0.4, 0.5) is 5.69 Å². The number of nitro groups is 1. The molecule has 0 spiro atoms. The average Bonchev–Trinajstić information content (AvgIpc) is 3.08. The topological polar surface area (TPSA) is 80.1 Å². The van der Waals surface area contributed by atoms with Crippen LogP contribution in [0.25, 0.3) is 23.0 Å². The number of benzene rings is 2. The quantitative estimate of drug-likeness (QED) is 0.350. The lowest BCUT2D eigenvalue weighted by Crippen LogP contribution is -1.88. The molecule has 0 radical (unpaired) electrons. The van der Waals surface area contributed by atoms with E-state index in [1.807, 2.05) is 18.2 Å². The van der Waals surface area contributed by atoms with Gasteiger partial charge < -0.3 is 4.42 Å². The molecule has 0 aliphatic heterocycles. The third-order valence-corrected chi connectivity index (χ3v) is 3.89. The molecule has 1 heterocycles. The number of rotatable bonds is 4. The molecule has 3 aromatic rings. The first kappa shape index (κ1) is 16.5. The number of nitro benzene ring substituents is 1. The summed E-state index contributed by atoms with van der Waals surface area (Å²) in [7, 11) is 0. The van der Waals surface area contributed by atoms with E-state index < -0.39 is 4.92 Å². The number of allylic oxidation sites excluding steroid dienone is 1. The summed E-state index contributed by atoms with van der Waals surface area (Å²) in [5, 5.41) is 20.7. The van der Waals surface area contributed by atoms with E-state index in [2.05, 4.69) is 6.07 Å². The van der Waals surface area contributed by atoms with E-state index in [1.54, 1.807) is 24.3 Å². The van der Waals surface area contributed by atoms with Gasteiger partial charge in [0.25, 0.3) is 5.69 Å². The van der Waals surface area contributed by atoms with E-state index in [-0.39, 0.29) is 5.69 Å². The number of hydrogen-bond donors (Lipinski definition) is 0. The molecule has 25 heavy (non-hydrogen) atoms. The summed E-state index contributed by atoms with van der Waals surface area (Å²) in [6, 6.07) is 18.7. The highest BCUT2D eigenvalue weighted by Crippen LogP contribution is 2.30. The molecule has 0 bridgehead atoms. The monoisotopic (exact) mass is 350 g/mol. The highest BCUT2D eigenvalue weighted by atomic mass is 35.5. The van der Waals surface area contributed by atoms with Crippen molar-refractivity contribution in [2.75, 3.05) is 0 Å². The second-order valence-electron chi connectivity index (χ2n) is 5.16. The highest BCUT2D eigenvalue weighted by molar-refractivity contribution is 6.33. The normalized spacial score (nSPS) is 11.1.